The van der Waals surface area contributed by atoms with E-state index >= 15 is 0 Å². The molecule has 1 aromatic carbocycles. The van der Waals surface area contributed by atoms with Crippen molar-refractivity contribution in [2.24, 2.45) is 0 Å². The predicted molar refractivity (Wildman–Crippen MR) is 94.2 cm³/mol. The van der Waals surface area contributed by atoms with Gasteiger partial charge in [-0.15, -0.1) is 11.3 Å². The van der Waals surface area contributed by atoms with Crippen molar-refractivity contribution in [3.63, 3.8) is 0 Å². The van der Waals surface area contributed by atoms with E-state index in [2.05, 4.69) is 0 Å². The fourth-order valence-corrected chi connectivity index (χ4v) is 3.88. The number of esters is 1. The van der Waals surface area contributed by atoms with Gasteiger partial charge in [0.1, 0.15) is 0 Å². The van der Waals surface area contributed by atoms with Gasteiger partial charge in [-0.2, -0.15) is 0 Å². The number of anilines is 1. The number of rotatable bonds is 4. The Morgan fingerprint density at radius 3 is 2.96 bits per heavy atom. The summed E-state index contributed by atoms with van der Waals surface area (Å²) in [6, 6.07) is 8.65. The van der Waals surface area contributed by atoms with Gasteiger partial charge in [-0.1, -0.05) is 17.7 Å². The first kappa shape index (κ1) is 16.8. The Kier molecular flexibility index (Phi) is 5.06. The molecule has 1 amide bonds. The average Bonchev–Trinajstić information content (AvgIpc) is 3.24. The number of hydrogen-bond acceptors (Lipinski definition) is 5. The van der Waals surface area contributed by atoms with Gasteiger partial charge in [-0.25, -0.2) is 4.79 Å². The van der Waals surface area contributed by atoms with Gasteiger partial charge in [-0.05, 0) is 42.5 Å². The summed E-state index contributed by atoms with van der Waals surface area (Å²) >= 11 is 7.50. The van der Waals surface area contributed by atoms with Crippen LogP contribution in [0, 0.1) is 0 Å². The summed E-state index contributed by atoms with van der Waals surface area (Å²) in [5, 5.41) is 2.39. The van der Waals surface area contributed by atoms with E-state index in [0.29, 0.717) is 11.6 Å². The second kappa shape index (κ2) is 7.23. The van der Waals surface area contributed by atoms with Crippen molar-refractivity contribution in [3.05, 3.63) is 51.2 Å². The molecule has 1 aliphatic rings. The van der Waals surface area contributed by atoms with E-state index < -0.39 is 5.97 Å². The number of nitrogens with zero attached hydrogens (tertiary/aromatic N) is 1. The SMILES string of the molecule is Nc1ccc(Cl)cc1C(=O)OCC(=O)N1CCC[C@H]1c1cccs1. The lowest BCUT2D eigenvalue weighted by Gasteiger charge is -2.23. The highest BCUT2D eigenvalue weighted by Crippen LogP contribution is 2.34. The van der Waals surface area contributed by atoms with Crippen LogP contribution in [0.15, 0.2) is 35.7 Å². The summed E-state index contributed by atoms with van der Waals surface area (Å²) in [4.78, 5) is 27.5. The third-order valence-electron chi connectivity index (χ3n) is 4.01. The molecule has 24 heavy (non-hydrogen) atoms. The molecule has 1 atom stereocenters. The molecule has 1 aliphatic heterocycles. The molecule has 2 heterocycles. The quantitative estimate of drug-likeness (QED) is 0.665. The monoisotopic (exact) mass is 364 g/mol. The van der Waals surface area contributed by atoms with E-state index in [1.807, 2.05) is 17.5 Å². The van der Waals surface area contributed by atoms with E-state index in [1.54, 1.807) is 22.3 Å². The van der Waals surface area contributed by atoms with Gasteiger partial charge in [0.05, 0.1) is 11.6 Å². The maximum Gasteiger partial charge on any atom is 0.340 e. The van der Waals surface area contributed by atoms with E-state index in [-0.39, 0.29) is 29.8 Å². The zero-order valence-electron chi connectivity index (χ0n) is 12.9. The molecular formula is C17H17ClN2O3S. The molecule has 0 aliphatic carbocycles. The number of carbonyl (C=O) groups excluding carboxylic acids is 2. The van der Waals surface area contributed by atoms with Crippen LogP contribution in [-0.4, -0.2) is 29.9 Å². The van der Waals surface area contributed by atoms with Gasteiger partial charge in [-0.3, -0.25) is 4.79 Å². The molecule has 7 heteroatoms. The van der Waals surface area contributed by atoms with Crippen LogP contribution in [0.2, 0.25) is 5.02 Å². The summed E-state index contributed by atoms with van der Waals surface area (Å²) < 4.78 is 5.14. The molecule has 2 N–H and O–H groups in total. The van der Waals surface area contributed by atoms with Crippen LogP contribution in [0.5, 0.6) is 0 Å². The summed E-state index contributed by atoms with van der Waals surface area (Å²) in [7, 11) is 0. The second-order valence-electron chi connectivity index (χ2n) is 5.57. The Balaban J connectivity index is 1.63. The fourth-order valence-electron chi connectivity index (χ4n) is 2.84. The molecule has 1 saturated heterocycles. The van der Waals surface area contributed by atoms with E-state index in [0.717, 1.165) is 17.7 Å². The maximum atomic E-state index is 12.4. The summed E-state index contributed by atoms with van der Waals surface area (Å²) in [6.45, 7) is 0.380. The van der Waals surface area contributed by atoms with Crippen molar-refractivity contribution in [1.82, 2.24) is 4.90 Å². The third-order valence-corrected chi connectivity index (χ3v) is 5.22. The number of hydrogen-bond donors (Lipinski definition) is 1. The molecule has 126 valence electrons. The smallest absolute Gasteiger partial charge is 0.340 e. The Morgan fingerprint density at radius 2 is 2.21 bits per heavy atom. The van der Waals surface area contributed by atoms with Gasteiger partial charge in [0, 0.05) is 22.1 Å². The molecule has 1 aromatic heterocycles. The zero-order valence-corrected chi connectivity index (χ0v) is 14.5. The molecule has 5 nitrogen and oxygen atoms in total. The zero-order chi connectivity index (χ0) is 17.1. The number of thiophene rings is 1. The minimum absolute atomic E-state index is 0.0763. The summed E-state index contributed by atoms with van der Waals surface area (Å²) in [5.74, 6) is -0.838. The molecule has 0 bridgehead atoms. The second-order valence-corrected chi connectivity index (χ2v) is 6.98. The first-order valence-corrected chi connectivity index (χ1v) is 8.87. The number of likely N-dealkylation sites (tertiary alicyclic amines) is 1. The molecule has 1 fully saturated rings. The Hall–Kier alpha value is -2.05. The fraction of sp³-hybridized carbons (Fsp3) is 0.294. The molecular weight excluding hydrogens is 348 g/mol. The largest absolute Gasteiger partial charge is 0.452 e. The van der Waals surface area contributed by atoms with Crippen molar-refractivity contribution in [1.29, 1.82) is 0 Å². The van der Waals surface area contributed by atoms with Crippen molar-refractivity contribution in [2.45, 2.75) is 18.9 Å². The van der Waals surface area contributed by atoms with Crippen LogP contribution in [0.25, 0.3) is 0 Å². The van der Waals surface area contributed by atoms with Crippen LogP contribution >= 0.6 is 22.9 Å². The topological polar surface area (TPSA) is 72.6 Å². The van der Waals surface area contributed by atoms with E-state index in [9.17, 15) is 9.59 Å². The van der Waals surface area contributed by atoms with Crippen LogP contribution in [0.1, 0.15) is 34.1 Å². The van der Waals surface area contributed by atoms with Crippen molar-refractivity contribution >= 4 is 40.5 Å². The highest BCUT2D eigenvalue weighted by Gasteiger charge is 2.31. The lowest BCUT2D eigenvalue weighted by Crippen LogP contribution is -2.34. The number of nitrogens with two attached hydrogens (primary N) is 1. The molecule has 0 saturated carbocycles. The first-order valence-electron chi connectivity index (χ1n) is 7.61. The number of nitrogen functional groups attached to an aromatic ring is 1. The number of halogens is 1. The highest BCUT2D eigenvalue weighted by molar-refractivity contribution is 7.10. The number of amides is 1. The molecule has 0 unspecified atom stereocenters. The normalized spacial score (nSPS) is 17.0. The Labute approximate surface area is 149 Å². The standard InChI is InChI=1S/C17H17ClN2O3S/c18-11-5-6-13(19)12(9-11)17(22)23-10-16(21)20-7-1-3-14(20)15-4-2-8-24-15/h2,4-6,8-9,14H,1,3,7,10,19H2/t14-/m0/s1. The lowest BCUT2D eigenvalue weighted by atomic mass is 10.2. The molecule has 2 aromatic rings. The Morgan fingerprint density at radius 1 is 1.38 bits per heavy atom. The van der Waals surface area contributed by atoms with Crippen LogP contribution < -0.4 is 5.73 Å². The summed E-state index contributed by atoms with van der Waals surface area (Å²) in [5.41, 5.74) is 6.20. The predicted octanol–water partition coefficient (Wildman–Crippen LogP) is 3.50. The average molecular weight is 365 g/mol. The van der Waals surface area contributed by atoms with Crippen molar-refractivity contribution in [3.8, 4) is 0 Å². The van der Waals surface area contributed by atoms with Gasteiger partial charge < -0.3 is 15.4 Å². The minimum atomic E-state index is -0.643. The maximum absolute atomic E-state index is 12.4. The van der Waals surface area contributed by atoms with E-state index in [1.165, 1.54) is 12.1 Å². The number of carbonyl (C=O) groups is 2. The number of benzene rings is 1. The van der Waals surface area contributed by atoms with Gasteiger partial charge >= 0.3 is 5.97 Å². The van der Waals surface area contributed by atoms with Gasteiger partial charge in [0.2, 0.25) is 0 Å². The van der Waals surface area contributed by atoms with E-state index in [4.69, 9.17) is 22.1 Å². The summed E-state index contributed by atoms with van der Waals surface area (Å²) in [6.07, 6.45) is 1.88. The highest BCUT2D eigenvalue weighted by atomic mass is 35.5. The third kappa shape index (κ3) is 3.55. The first-order chi connectivity index (χ1) is 11.6. The van der Waals surface area contributed by atoms with Crippen LogP contribution in [-0.2, 0) is 9.53 Å². The van der Waals surface area contributed by atoms with Crippen molar-refractivity contribution in [2.75, 3.05) is 18.9 Å². The molecule has 3 rings (SSSR count). The molecule has 0 spiro atoms. The van der Waals surface area contributed by atoms with Crippen molar-refractivity contribution < 1.29 is 14.3 Å². The molecule has 0 radical (unpaired) electrons. The minimum Gasteiger partial charge on any atom is -0.452 e. The number of ether oxygens (including phenoxy) is 1. The van der Waals surface area contributed by atoms with Crippen LogP contribution in [0.3, 0.4) is 0 Å². The van der Waals surface area contributed by atoms with Crippen LogP contribution in [0.4, 0.5) is 5.69 Å². The Bertz CT molecular complexity index is 748. The van der Waals surface area contributed by atoms with Gasteiger partial charge in [0.25, 0.3) is 5.91 Å². The van der Waals surface area contributed by atoms with Gasteiger partial charge in [0.15, 0.2) is 6.61 Å². The lowest BCUT2D eigenvalue weighted by molar-refractivity contribution is -0.135.